The van der Waals surface area contributed by atoms with Gasteiger partial charge in [0.05, 0.1) is 10.6 Å². The lowest BCUT2D eigenvalue weighted by atomic mass is 9.71. The highest BCUT2D eigenvalue weighted by Gasteiger charge is 2.37. The number of hydrogen-bond donors (Lipinski definition) is 1. The Labute approximate surface area is 139 Å². The van der Waals surface area contributed by atoms with Gasteiger partial charge >= 0.3 is 0 Å². The molecular formula is C16H20BrClN2O. The molecule has 1 spiro atoms. The van der Waals surface area contributed by atoms with Crippen LogP contribution in [0.5, 0.6) is 0 Å². The van der Waals surface area contributed by atoms with Crippen LogP contribution in [0, 0.1) is 5.41 Å². The van der Waals surface area contributed by atoms with Gasteiger partial charge < -0.3 is 10.2 Å². The minimum Gasteiger partial charge on any atom is -0.339 e. The van der Waals surface area contributed by atoms with Crippen molar-refractivity contribution in [3.8, 4) is 0 Å². The van der Waals surface area contributed by atoms with Gasteiger partial charge in [0, 0.05) is 17.6 Å². The summed E-state index contributed by atoms with van der Waals surface area (Å²) in [5.74, 6) is 0.0603. The zero-order chi connectivity index (χ0) is 14.9. The van der Waals surface area contributed by atoms with E-state index in [0.29, 0.717) is 16.0 Å². The van der Waals surface area contributed by atoms with E-state index in [1.807, 2.05) is 17.0 Å². The van der Waals surface area contributed by atoms with Crippen LogP contribution in [0.4, 0.5) is 0 Å². The van der Waals surface area contributed by atoms with Gasteiger partial charge in [0.25, 0.3) is 5.91 Å². The fraction of sp³-hybridized carbons (Fsp3) is 0.562. The molecule has 2 aliphatic heterocycles. The summed E-state index contributed by atoms with van der Waals surface area (Å²) in [5.41, 5.74) is 1.07. The molecule has 2 saturated heterocycles. The minimum atomic E-state index is 0.0603. The molecule has 3 rings (SSSR count). The van der Waals surface area contributed by atoms with E-state index in [1.165, 1.54) is 12.8 Å². The van der Waals surface area contributed by atoms with E-state index < -0.39 is 0 Å². The molecule has 1 N–H and O–H groups in total. The smallest absolute Gasteiger partial charge is 0.255 e. The third-order valence-electron chi connectivity index (χ3n) is 4.93. The average Bonchev–Trinajstić information content (AvgIpc) is 2.51. The van der Waals surface area contributed by atoms with Crippen molar-refractivity contribution in [1.29, 1.82) is 0 Å². The second-order valence-electron chi connectivity index (χ2n) is 6.17. The van der Waals surface area contributed by atoms with E-state index in [0.717, 1.165) is 43.5 Å². The number of likely N-dealkylation sites (tertiary alicyclic amines) is 1. The number of benzene rings is 1. The molecule has 2 aliphatic rings. The molecule has 0 unspecified atom stereocenters. The van der Waals surface area contributed by atoms with Crippen molar-refractivity contribution in [3.63, 3.8) is 0 Å². The normalized spacial score (nSPS) is 21.5. The number of carbonyl (C=O) groups excluding carboxylic acids is 1. The number of carbonyl (C=O) groups is 1. The molecule has 1 aromatic carbocycles. The number of piperidine rings is 2. The van der Waals surface area contributed by atoms with Gasteiger partial charge in [-0.2, -0.15) is 0 Å². The first-order chi connectivity index (χ1) is 10.1. The Morgan fingerprint density at radius 1 is 1.19 bits per heavy atom. The van der Waals surface area contributed by atoms with Gasteiger partial charge in [0.2, 0.25) is 0 Å². The Bertz CT molecular complexity index is 533. The highest BCUT2D eigenvalue weighted by atomic mass is 79.9. The molecule has 0 aromatic heterocycles. The Balaban J connectivity index is 1.69. The minimum absolute atomic E-state index is 0.0603. The van der Waals surface area contributed by atoms with E-state index in [2.05, 4.69) is 21.2 Å². The summed E-state index contributed by atoms with van der Waals surface area (Å²) < 4.78 is 0.891. The molecule has 114 valence electrons. The molecule has 0 atom stereocenters. The summed E-state index contributed by atoms with van der Waals surface area (Å²) in [7, 11) is 0. The zero-order valence-electron chi connectivity index (χ0n) is 12.0. The molecular weight excluding hydrogens is 352 g/mol. The molecule has 0 bridgehead atoms. The first-order valence-corrected chi connectivity index (χ1v) is 8.72. The molecule has 1 amide bonds. The summed E-state index contributed by atoms with van der Waals surface area (Å²) in [5, 5.41) is 3.96. The topological polar surface area (TPSA) is 32.3 Å². The van der Waals surface area contributed by atoms with Gasteiger partial charge in [-0.3, -0.25) is 4.79 Å². The number of rotatable bonds is 1. The Kier molecular flexibility index (Phi) is 4.57. The summed E-state index contributed by atoms with van der Waals surface area (Å²) >= 11 is 9.59. The van der Waals surface area contributed by atoms with Crippen LogP contribution in [0.2, 0.25) is 5.02 Å². The maximum Gasteiger partial charge on any atom is 0.255 e. The molecule has 3 nitrogen and oxygen atoms in total. The van der Waals surface area contributed by atoms with Crippen molar-refractivity contribution in [1.82, 2.24) is 10.2 Å². The van der Waals surface area contributed by atoms with Crippen molar-refractivity contribution in [2.24, 2.45) is 5.41 Å². The van der Waals surface area contributed by atoms with E-state index in [1.54, 1.807) is 6.07 Å². The van der Waals surface area contributed by atoms with Crippen LogP contribution in [0.1, 0.15) is 36.0 Å². The second-order valence-corrected chi connectivity index (χ2v) is 7.49. The lowest BCUT2D eigenvalue weighted by molar-refractivity contribution is 0.0496. The predicted octanol–water partition coefficient (Wildman–Crippen LogP) is 3.71. The van der Waals surface area contributed by atoms with Crippen LogP contribution in [-0.4, -0.2) is 37.0 Å². The second kappa shape index (κ2) is 6.27. The summed E-state index contributed by atoms with van der Waals surface area (Å²) in [6, 6.07) is 5.45. The van der Waals surface area contributed by atoms with E-state index in [4.69, 9.17) is 11.6 Å². The van der Waals surface area contributed by atoms with Crippen molar-refractivity contribution < 1.29 is 4.79 Å². The van der Waals surface area contributed by atoms with Crippen molar-refractivity contribution in [3.05, 3.63) is 33.3 Å². The third-order valence-corrected chi connectivity index (χ3v) is 5.76. The molecule has 21 heavy (non-hydrogen) atoms. The predicted molar refractivity (Wildman–Crippen MR) is 88.8 cm³/mol. The van der Waals surface area contributed by atoms with Crippen molar-refractivity contribution in [2.45, 2.75) is 25.7 Å². The summed E-state index contributed by atoms with van der Waals surface area (Å²) in [6.45, 7) is 3.93. The van der Waals surface area contributed by atoms with Gasteiger partial charge in [-0.1, -0.05) is 27.5 Å². The number of amides is 1. The number of nitrogens with one attached hydrogen (secondary N) is 1. The highest BCUT2D eigenvalue weighted by Crippen LogP contribution is 2.40. The standard InChI is InChI=1S/C16H20BrClN2O/c17-12-1-2-14(18)13(11-12)15(21)20-9-5-16(6-10-20)3-7-19-8-4-16/h1-2,11,19H,3-10H2. The molecule has 0 saturated carbocycles. The van der Waals surface area contributed by atoms with E-state index >= 15 is 0 Å². The van der Waals surface area contributed by atoms with E-state index in [-0.39, 0.29) is 5.91 Å². The van der Waals surface area contributed by atoms with Gasteiger partial charge in [0.15, 0.2) is 0 Å². The number of hydrogen-bond acceptors (Lipinski definition) is 2. The maximum absolute atomic E-state index is 12.7. The average molecular weight is 372 g/mol. The summed E-state index contributed by atoms with van der Waals surface area (Å²) in [6.07, 6.45) is 4.72. The molecule has 2 fully saturated rings. The monoisotopic (exact) mass is 370 g/mol. The van der Waals surface area contributed by atoms with Crippen LogP contribution in [0.15, 0.2) is 22.7 Å². The molecule has 5 heteroatoms. The fourth-order valence-electron chi connectivity index (χ4n) is 3.47. The Hall–Kier alpha value is -0.580. The molecule has 0 aliphatic carbocycles. The quantitative estimate of drug-likeness (QED) is 0.816. The molecule has 1 aromatic rings. The van der Waals surface area contributed by atoms with Gasteiger partial charge in [0.1, 0.15) is 0 Å². The molecule has 2 heterocycles. The largest absolute Gasteiger partial charge is 0.339 e. The van der Waals surface area contributed by atoms with Gasteiger partial charge in [-0.15, -0.1) is 0 Å². The number of nitrogens with zero attached hydrogens (tertiary/aromatic N) is 1. The highest BCUT2D eigenvalue weighted by molar-refractivity contribution is 9.10. The fourth-order valence-corrected chi connectivity index (χ4v) is 4.03. The molecule has 0 radical (unpaired) electrons. The van der Waals surface area contributed by atoms with Crippen molar-refractivity contribution in [2.75, 3.05) is 26.2 Å². The van der Waals surface area contributed by atoms with Crippen LogP contribution in [0.3, 0.4) is 0 Å². The maximum atomic E-state index is 12.7. The third kappa shape index (κ3) is 3.27. The zero-order valence-corrected chi connectivity index (χ0v) is 14.3. The first kappa shape index (κ1) is 15.3. The van der Waals surface area contributed by atoms with E-state index in [9.17, 15) is 4.79 Å². The first-order valence-electron chi connectivity index (χ1n) is 7.55. The van der Waals surface area contributed by atoms with Crippen LogP contribution < -0.4 is 5.32 Å². The van der Waals surface area contributed by atoms with Crippen LogP contribution in [0.25, 0.3) is 0 Å². The van der Waals surface area contributed by atoms with Crippen LogP contribution in [-0.2, 0) is 0 Å². The SMILES string of the molecule is O=C(c1cc(Br)ccc1Cl)N1CCC2(CCNCC2)CC1. The van der Waals surface area contributed by atoms with Gasteiger partial charge in [-0.25, -0.2) is 0 Å². The lowest BCUT2D eigenvalue weighted by Crippen LogP contribution is -2.47. The van der Waals surface area contributed by atoms with Crippen LogP contribution >= 0.6 is 27.5 Å². The Morgan fingerprint density at radius 2 is 1.86 bits per heavy atom. The number of halogens is 2. The van der Waals surface area contributed by atoms with Gasteiger partial charge in [-0.05, 0) is 62.4 Å². The lowest BCUT2D eigenvalue weighted by Gasteiger charge is -2.44. The summed E-state index contributed by atoms with van der Waals surface area (Å²) in [4.78, 5) is 14.6. The van der Waals surface area contributed by atoms with Crippen molar-refractivity contribution >= 4 is 33.4 Å². The Morgan fingerprint density at radius 3 is 2.52 bits per heavy atom.